The Balaban J connectivity index is 2.34. The number of nitrogens with two attached hydrogens (primary N) is 1. The second-order valence-electron chi connectivity index (χ2n) is 3.04. The first-order chi connectivity index (χ1) is 8.18. The largest absolute Gasteiger partial charge is 0.384 e. The molecule has 0 saturated heterocycles. The van der Waals surface area contributed by atoms with E-state index in [9.17, 15) is 0 Å². The molecule has 0 spiro atoms. The number of rotatable bonds is 3. The molecule has 0 unspecified atom stereocenters. The molecule has 17 heavy (non-hydrogen) atoms. The summed E-state index contributed by atoms with van der Waals surface area (Å²) < 4.78 is 0. The number of nitrogens with one attached hydrogen (secondary N) is 1. The van der Waals surface area contributed by atoms with Crippen molar-refractivity contribution in [3.63, 3.8) is 0 Å². The van der Waals surface area contributed by atoms with Gasteiger partial charge in [-0.1, -0.05) is 11.6 Å². The minimum Gasteiger partial charge on any atom is -0.384 e. The third kappa shape index (κ3) is 2.72. The van der Waals surface area contributed by atoms with Crippen LogP contribution >= 0.6 is 23.4 Å². The first kappa shape index (κ1) is 11.8. The van der Waals surface area contributed by atoms with E-state index in [0.717, 1.165) is 5.03 Å². The van der Waals surface area contributed by atoms with Gasteiger partial charge < -0.3 is 5.73 Å². The van der Waals surface area contributed by atoms with Gasteiger partial charge in [0, 0.05) is 18.0 Å². The number of hydrogen-bond acceptors (Lipinski definition) is 5. The summed E-state index contributed by atoms with van der Waals surface area (Å²) in [5.74, 6) is -0.0815. The van der Waals surface area contributed by atoms with E-state index in [2.05, 4.69) is 15.0 Å². The van der Waals surface area contributed by atoms with Gasteiger partial charge in [0.25, 0.3) is 0 Å². The monoisotopic (exact) mass is 265 g/mol. The maximum absolute atomic E-state index is 7.38. The highest BCUT2D eigenvalue weighted by atomic mass is 35.5. The molecule has 2 heterocycles. The Kier molecular flexibility index (Phi) is 3.55. The molecule has 86 valence electrons. The van der Waals surface area contributed by atoms with Gasteiger partial charge in [0.05, 0.1) is 5.02 Å². The zero-order valence-corrected chi connectivity index (χ0v) is 10.2. The molecule has 2 aromatic rings. The molecule has 2 aromatic heterocycles. The van der Waals surface area contributed by atoms with E-state index in [4.69, 9.17) is 22.7 Å². The van der Waals surface area contributed by atoms with Gasteiger partial charge in [-0.25, -0.2) is 15.0 Å². The standard InChI is InChI=1S/C10H8ClN5S/c11-8-6(9(12)13)1-4-15-10(8)17-7-2-3-14-5-16-7/h1-5H,(H3,12,13). The second-order valence-corrected chi connectivity index (χ2v) is 4.43. The van der Waals surface area contributed by atoms with Crippen LogP contribution in [0.15, 0.2) is 40.9 Å². The SMILES string of the molecule is N=C(N)c1ccnc(Sc2ccncn2)c1Cl. The highest BCUT2D eigenvalue weighted by Gasteiger charge is 2.11. The van der Waals surface area contributed by atoms with Crippen LogP contribution in [0.2, 0.25) is 5.02 Å². The van der Waals surface area contributed by atoms with Crippen LogP contribution in [0.1, 0.15) is 5.56 Å². The number of halogens is 1. The summed E-state index contributed by atoms with van der Waals surface area (Å²) in [7, 11) is 0. The van der Waals surface area contributed by atoms with Gasteiger partial charge in [0.1, 0.15) is 22.2 Å². The average Bonchev–Trinajstić information content (AvgIpc) is 2.33. The molecule has 0 aliphatic rings. The van der Waals surface area contributed by atoms with E-state index in [1.165, 1.54) is 18.1 Å². The van der Waals surface area contributed by atoms with Crippen LogP contribution in [0, 0.1) is 5.41 Å². The summed E-state index contributed by atoms with van der Waals surface area (Å²) in [4.78, 5) is 12.0. The van der Waals surface area contributed by atoms with Crippen molar-refractivity contribution in [3.05, 3.63) is 41.4 Å². The summed E-state index contributed by atoms with van der Waals surface area (Å²) in [6.07, 6.45) is 4.65. The normalized spacial score (nSPS) is 10.2. The van der Waals surface area contributed by atoms with E-state index in [1.54, 1.807) is 24.5 Å². The van der Waals surface area contributed by atoms with Gasteiger partial charge in [-0.2, -0.15) is 0 Å². The molecule has 0 aliphatic heterocycles. The summed E-state index contributed by atoms with van der Waals surface area (Å²) in [6, 6.07) is 3.36. The van der Waals surface area contributed by atoms with Crippen LogP contribution in [0.3, 0.4) is 0 Å². The first-order valence-electron chi connectivity index (χ1n) is 4.61. The van der Waals surface area contributed by atoms with Gasteiger partial charge in [-0.15, -0.1) is 0 Å². The lowest BCUT2D eigenvalue weighted by atomic mass is 10.2. The summed E-state index contributed by atoms with van der Waals surface area (Å²) >= 11 is 7.41. The van der Waals surface area contributed by atoms with Gasteiger partial charge >= 0.3 is 0 Å². The molecule has 0 aromatic carbocycles. The van der Waals surface area contributed by atoms with Crippen LogP contribution in [-0.2, 0) is 0 Å². The van der Waals surface area contributed by atoms with Crippen LogP contribution in [0.5, 0.6) is 0 Å². The Hall–Kier alpha value is -1.66. The third-order valence-electron chi connectivity index (χ3n) is 1.90. The molecule has 0 saturated carbocycles. The molecule has 7 heteroatoms. The van der Waals surface area contributed by atoms with Gasteiger partial charge in [-0.3, -0.25) is 5.41 Å². The molecular weight excluding hydrogens is 258 g/mol. The van der Waals surface area contributed by atoms with Crippen molar-refractivity contribution in [2.24, 2.45) is 5.73 Å². The first-order valence-corrected chi connectivity index (χ1v) is 5.80. The lowest BCUT2D eigenvalue weighted by Crippen LogP contribution is -2.12. The minimum atomic E-state index is -0.0815. The Morgan fingerprint density at radius 3 is 2.76 bits per heavy atom. The lowest BCUT2D eigenvalue weighted by molar-refractivity contribution is 1.04. The van der Waals surface area contributed by atoms with Crippen LogP contribution in [0.4, 0.5) is 0 Å². The molecular formula is C10H8ClN5S. The molecule has 0 radical (unpaired) electrons. The zero-order chi connectivity index (χ0) is 12.3. The van der Waals surface area contributed by atoms with Crippen molar-refractivity contribution < 1.29 is 0 Å². The second kappa shape index (κ2) is 5.11. The molecule has 0 amide bonds. The maximum atomic E-state index is 7.38. The lowest BCUT2D eigenvalue weighted by Gasteiger charge is -2.06. The average molecular weight is 266 g/mol. The zero-order valence-electron chi connectivity index (χ0n) is 8.59. The predicted molar refractivity (Wildman–Crippen MR) is 66.4 cm³/mol. The van der Waals surface area contributed by atoms with Gasteiger partial charge in [0.15, 0.2) is 0 Å². The Morgan fingerprint density at radius 1 is 1.29 bits per heavy atom. The van der Waals surface area contributed by atoms with Gasteiger partial charge in [0.2, 0.25) is 0 Å². The number of nitrogens with zero attached hydrogens (tertiary/aromatic N) is 3. The summed E-state index contributed by atoms with van der Waals surface area (Å²) in [5, 5.41) is 9.05. The van der Waals surface area contributed by atoms with Crippen LogP contribution in [0.25, 0.3) is 0 Å². The van der Waals surface area contributed by atoms with E-state index >= 15 is 0 Å². The molecule has 2 rings (SSSR count). The summed E-state index contributed by atoms with van der Waals surface area (Å²) in [6.45, 7) is 0. The highest BCUT2D eigenvalue weighted by molar-refractivity contribution is 7.99. The predicted octanol–water partition coefficient (Wildman–Crippen LogP) is 1.96. The van der Waals surface area contributed by atoms with Crippen molar-refractivity contribution in [2.75, 3.05) is 0 Å². The fourth-order valence-electron chi connectivity index (χ4n) is 1.14. The summed E-state index contributed by atoms with van der Waals surface area (Å²) in [5.41, 5.74) is 5.88. The van der Waals surface area contributed by atoms with E-state index in [-0.39, 0.29) is 5.84 Å². The maximum Gasteiger partial charge on any atom is 0.124 e. The number of hydrogen-bond donors (Lipinski definition) is 2. The van der Waals surface area contributed by atoms with Crippen LogP contribution < -0.4 is 5.73 Å². The third-order valence-corrected chi connectivity index (χ3v) is 3.35. The number of nitrogen functional groups attached to an aromatic ring is 1. The number of pyridine rings is 1. The van der Waals surface area contributed by atoms with Crippen molar-refractivity contribution in [1.82, 2.24) is 15.0 Å². The fourth-order valence-corrected chi connectivity index (χ4v) is 2.21. The van der Waals surface area contributed by atoms with E-state index in [0.29, 0.717) is 15.6 Å². The Bertz CT molecular complexity index is 546. The van der Waals surface area contributed by atoms with E-state index < -0.39 is 0 Å². The van der Waals surface area contributed by atoms with Crippen molar-refractivity contribution >= 4 is 29.2 Å². The number of amidine groups is 1. The van der Waals surface area contributed by atoms with Crippen molar-refractivity contribution in [1.29, 1.82) is 5.41 Å². The molecule has 5 nitrogen and oxygen atoms in total. The quantitative estimate of drug-likeness (QED) is 0.503. The Labute approximate surface area is 107 Å². The number of aromatic nitrogens is 3. The minimum absolute atomic E-state index is 0.0815. The highest BCUT2D eigenvalue weighted by Crippen LogP contribution is 2.31. The van der Waals surface area contributed by atoms with Gasteiger partial charge in [-0.05, 0) is 23.9 Å². The molecule has 0 aliphatic carbocycles. The molecule has 0 bridgehead atoms. The smallest absolute Gasteiger partial charge is 0.124 e. The van der Waals surface area contributed by atoms with E-state index in [1.807, 2.05) is 0 Å². The van der Waals surface area contributed by atoms with Crippen molar-refractivity contribution in [2.45, 2.75) is 10.1 Å². The van der Waals surface area contributed by atoms with Crippen LogP contribution in [-0.4, -0.2) is 20.8 Å². The molecule has 3 N–H and O–H groups in total. The van der Waals surface area contributed by atoms with Crippen molar-refractivity contribution in [3.8, 4) is 0 Å². The Morgan fingerprint density at radius 2 is 2.12 bits per heavy atom. The fraction of sp³-hybridized carbons (Fsp3) is 0. The molecule has 0 atom stereocenters. The topological polar surface area (TPSA) is 88.5 Å². The molecule has 0 fully saturated rings.